The summed E-state index contributed by atoms with van der Waals surface area (Å²) in [4.78, 5) is 17.4. The van der Waals surface area contributed by atoms with Crippen LogP contribution in [0.5, 0.6) is 6.01 Å². The molecule has 6 rings (SSSR count). The standard InChI is InChI=1S/C22H17BFN7O.C8H16FN.C2H6/c1-32-22-29-20-15(21(30-22)31-7-5-27-6-8-31)11-28-19(18(20)24)14-9-23(12-26)16-4-2-3-13(10-25)17(14)16;1-3-8-5-7(9)6-10(8)4-2;1-2/h2-4,9,11,27H,5-8H2,1H3;7-8H,3-6H2,1-2H3;1-2H3. The summed E-state index contributed by atoms with van der Waals surface area (Å²) >= 11 is 0. The topological polar surface area (TPSA) is 114 Å². The number of fused-ring (bicyclic) bond motifs is 2. The number of anilines is 1. The predicted octanol–water partition coefficient (Wildman–Crippen LogP) is 4.06. The summed E-state index contributed by atoms with van der Waals surface area (Å²) in [5.41, 5.74) is 2.14. The van der Waals surface area contributed by atoms with E-state index < -0.39 is 18.7 Å². The maximum absolute atomic E-state index is 15.9. The summed E-state index contributed by atoms with van der Waals surface area (Å²) in [5.74, 6) is 3.79. The van der Waals surface area contributed by atoms with Gasteiger partial charge in [-0.1, -0.05) is 45.8 Å². The summed E-state index contributed by atoms with van der Waals surface area (Å²) < 4.78 is 33.9. The molecule has 12 heteroatoms. The van der Waals surface area contributed by atoms with Gasteiger partial charge < -0.3 is 15.0 Å². The van der Waals surface area contributed by atoms with Crippen LogP contribution in [0.1, 0.15) is 57.4 Å². The van der Waals surface area contributed by atoms with Crippen molar-refractivity contribution in [3.05, 3.63) is 53.0 Å². The Morgan fingerprint density at radius 1 is 1.16 bits per heavy atom. The van der Waals surface area contributed by atoms with Crippen LogP contribution in [-0.2, 0) is 0 Å². The van der Waals surface area contributed by atoms with E-state index in [9.17, 15) is 14.9 Å². The quantitative estimate of drug-likeness (QED) is 0.433. The van der Waals surface area contributed by atoms with Gasteiger partial charge in [-0.2, -0.15) is 15.2 Å². The van der Waals surface area contributed by atoms with Crippen molar-refractivity contribution < 1.29 is 13.5 Å². The molecule has 2 atom stereocenters. The summed E-state index contributed by atoms with van der Waals surface area (Å²) in [6.45, 7) is 12.3. The van der Waals surface area contributed by atoms with Crippen LogP contribution < -0.4 is 20.4 Å². The molecule has 2 aromatic heterocycles. The highest BCUT2D eigenvalue weighted by molar-refractivity contribution is 6.87. The highest BCUT2D eigenvalue weighted by Crippen LogP contribution is 2.35. The lowest BCUT2D eigenvalue weighted by molar-refractivity contribution is 0.251. The number of alkyl halides is 1. The van der Waals surface area contributed by atoms with E-state index in [0.717, 1.165) is 32.5 Å². The summed E-state index contributed by atoms with van der Waals surface area (Å²) in [6.07, 6.45) is 2.84. The lowest BCUT2D eigenvalue weighted by Crippen LogP contribution is -2.44. The first-order valence-electron chi connectivity index (χ1n) is 15.3. The van der Waals surface area contributed by atoms with Gasteiger partial charge in [0.2, 0.25) is 0 Å². The van der Waals surface area contributed by atoms with Crippen LogP contribution in [0.4, 0.5) is 14.6 Å². The van der Waals surface area contributed by atoms with Crippen molar-refractivity contribution in [2.24, 2.45) is 0 Å². The molecule has 0 aliphatic carbocycles. The zero-order valence-corrected chi connectivity index (χ0v) is 26.1. The van der Waals surface area contributed by atoms with Gasteiger partial charge in [0.1, 0.15) is 23.2 Å². The second-order valence-corrected chi connectivity index (χ2v) is 10.5. The first-order chi connectivity index (χ1) is 21.4. The Labute approximate surface area is 258 Å². The number of nitriles is 2. The van der Waals surface area contributed by atoms with Crippen molar-refractivity contribution in [3.63, 3.8) is 0 Å². The van der Waals surface area contributed by atoms with Gasteiger partial charge >= 0.3 is 12.7 Å². The average Bonchev–Trinajstić information content (AvgIpc) is 3.65. The molecule has 0 bridgehead atoms. The molecule has 1 N–H and O–H groups in total. The molecular weight excluding hydrogens is 561 g/mol. The minimum absolute atomic E-state index is 0.0474. The van der Waals surface area contributed by atoms with Gasteiger partial charge in [-0.05, 0) is 36.5 Å². The molecule has 2 saturated heterocycles. The minimum Gasteiger partial charge on any atom is -0.467 e. The molecular formula is C32H39BF2N8O. The molecule has 3 aliphatic rings. The summed E-state index contributed by atoms with van der Waals surface area (Å²) in [5, 5.41) is 23.0. The Kier molecular flexibility index (Phi) is 11.2. The number of ether oxygens (including phenoxy) is 1. The Morgan fingerprint density at radius 3 is 2.52 bits per heavy atom. The fourth-order valence-corrected chi connectivity index (χ4v) is 6.02. The summed E-state index contributed by atoms with van der Waals surface area (Å²) in [7, 11) is 1.44. The van der Waals surface area contributed by atoms with E-state index in [1.807, 2.05) is 18.7 Å². The van der Waals surface area contributed by atoms with Crippen molar-refractivity contribution in [2.45, 2.75) is 52.8 Å². The van der Waals surface area contributed by atoms with Crippen LogP contribution in [0.2, 0.25) is 0 Å². The summed E-state index contributed by atoms with van der Waals surface area (Å²) in [6, 6.07) is 7.87. The fraction of sp³-hybridized carbons (Fsp3) is 0.469. The second-order valence-electron chi connectivity index (χ2n) is 10.5. The average molecular weight is 601 g/mol. The Balaban J connectivity index is 0.000000312. The third-order valence-electron chi connectivity index (χ3n) is 8.15. The van der Waals surface area contributed by atoms with Gasteiger partial charge in [0, 0.05) is 56.5 Å². The van der Waals surface area contributed by atoms with Gasteiger partial charge in [-0.25, -0.2) is 14.0 Å². The van der Waals surface area contributed by atoms with E-state index in [-0.39, 0.29) is 17.2 Å². The van der Waals surface area contributed by atoms with Gasteiger partial charge in [-0.3, -0.25) is 9.88 Å². The molecule has 44 heavy (non-hydrogen) atoms. The molecule has 0 amide bonds. The molecule has 9 nitrogen and oxygen atoms in total. The zero-order valence-electron chi connectivity index (χ0n) is 26.1. The lowest BCUT2D eigenvalue weighted by Gasteiger charge is -2.29. The second kappa shape index (κ2) is 15.0. The molecule has 5 heterocycles. The molecule has 2 unspecified atom stereocenters. The van der Waals surface area contributed by atoms with E-state index in [4.69, 9.17) is 4.74 Å². The number of hydrogen-bond acceptors (Lipinski definition) is 9. The van der Waals surface area contributed by atoms with E-state index in [0.29, 0.717) is 59.0 Å². The number of methoxy groups -OCH3 is 1. The van der Waals surface area contributed by atoms with Crippen LogP contribution in [-0.4, -0.2) is 85.2 Å². The van der Waals surface area contributed by atoms with Gasteiger partial charge in [-0.15, -0.1) is 0 Å². The fourth-order valence-electron chi connectivity index (χ4n) is 6.02. The van der Waals surface area contributed by atoms with Crippen LogP contribution in [0, 0.1) is 28.4 Å². The third kappa shape index (κ3) is 6.52. The Bertz CT molecular complexity index is 1570. The number of likely N-dealkylation sites (tertiary alicyclic amines) is 1. The SMILES string of the molecule is CC.CCC1CC(F)CN1CC.COc1nc(N2CCNCC2)c2cnc(C3=CB(C#N)c4cccc(C#N)c43)c(F)c2n1. The number of nitrogens with one attached hydrogen (secondary N) is 1. The van der Waals surface area contributed by atoms with Crippen LogP contribution in [0.3, 0.4) is 0 Å². The Morgan fingerprint density at radius 2 is 1.91 bits per heavy atom. The van der Waals surface area contributed by atoms with E-state index in [1.54, 1.807) is 30.4 Å². The van der Waals surface area contributed by atoms with Crippen LogP contribution >= 0.6 is 0 Å². The molecule has 2 fully saturated rings. The normalized spacial score (nSPS) is 19.2. The number of pyridine rings is 1. The van der Waals surface area contributed by atoms with Crippen molar-refractivity contribution in [2.75, 3.05) is 51.3 Å². The first kappa shape index (κ1) is 32.8. The monoisotopic (exact) mass is 600 g/mol. The van der Waals surface area contributed by atoms with Crippen LogP contribution in [0.25, 0.3) is 16.5 Å². The zero-order chi connectivity index (χ0) is 31.8. The highest BCUT2D eigenvalue weighted by atomic mass is 19.1. The molecule has 0 saturated carbocycles. The molecule has 230 valence electrons. The molecule has 0 radical (unpaired) electrons. The third-order valence-corrected chi connectivity index (χ3v) is 8.15. The van der Waals surface area contributed by atoms with Gasteiger partial charge in [0.15, 0.2) is 5.82 Å². The van der Waals surface area contributed by atoms with Crippen molar-refractivity contribution in [1.82, 2.24) is 25.2 Å². The van der Waals surface area contributed by atoms with E-state index >= 15 is 4.39 Å². The number of halogens is 2. The predicted molar refractivity (Wildman–Crippen MR) is 170 cm³/mol. The highest BCUT2D eigenvalue weighted by Gasteiger charge is 2.33. The van der Waals surface area contributed by atoms with Gasteiger partial charge in [0.05, 0.1) is 24.1 Å². The number of piperazine rings is 1. The van der Waals surface area contributed by atoms with Crippen molar-refractivity contribution in [3.8, 4) is 18.0 Å². The smallest absolute Gasteiger partial charge is 0.326 e. The van der Waals surface area contributed by atoms with E-state index in [2.05, 4.69) is 51.1 Å². The first-order valence-corrected chi connectivity index (χ1v) is 15.3. The van der Waals surface area contributed by atoms with Gasteiger partial charge in [0.25, 0.3) is 0 Å². The Hall–Kier alpha value is -4.13. The maximum atomic E-state index is 15.9. The van der Waals surface area contributed by atoms with Crippen molar-refractivity contribution in [1.29, 1.82) is 10.5 Å². The van der Waals surface area contributed by atoms with E-state index in [1.165, 1.54) is 7.11 Å². The number of rotatable bonds is 5. The molecule has 1 aromatic carbocycles. The molecule has 3 aliphatic heterocycles. The lowest BCUT2D eigenvalue weighted by atomic mass is 9.48. The molecule has 0 spiro atoms. The minimum atomic E-state index is -0.636. The number of hydrogen-bond donors (Lipinski definition) is 1. The van der Waals surface area contributed by atoms with Crippen molar-refractivity contribution >= 4 is 34.5 Å². The van der Waals surface area contributed by atoms with Crippen LogP contribution in [0.15, 0.2) is 30.4 Å². The number of aromatic nitrogens is 3. The molecule has 3 aromatic rings. The largest absolute Gasteiger partial charge is 0.467 e. The maximum Gasteiger partial charge on any atom is 0.326 e. The number of nitrogens with zero attached hydrogens (tertiary/aromatic N) is 7. The number of benzene rings is 1.